The average molecular weight is 235 g/mol. The Balaban J connectivity index is 1.90. The van der Waals surface area contributed by atoms with Gasteiger partial charge in [0.2, 0.25) is 5.95 Å². The first-order chi connectivity index (χ1) is 7.75. The maximum atomic E-state index is 9.81. The third-order valence-corrected chi connectivity index (χ3v) is 2.86. The Labute approximate surface area is 98.0 Å². The molecule has 2 N–H and O–H groups in total. The molecular weight excluding hydrogens is 222 g/mol. The van der Waals surface area contributed by atoms with Crippen LogP contribution in [0.3, 0.4) is 0 Å². The lowest BCUT2D eigenvalue weighted by atomic mass is 10.2. The third kappa shape index (κ3) is 2.77. The second-order valence-corrected chi connectivity index (χ2v) is 4.32. The van der Waals surface area contributed by atoms with Crippen LogP contribution in [-0.2, 0) is 0 Å². The van der Waals surface area contributed by atoms with E-state index in [0.29, 0.717) is 12.5 Å². The summed E-state index contributed by atoms with van der Waals surface area (Å²) >= 11 is 1.57. The zero-order valence-electron chi connectivity index (χ0n) is 8.92. The molecule has 4 nitrogen and oxygen atoms in total. The molecule has 0 aliphatic carbocycles. The van der Waals surface area contributed by atoms with Crippen LogP contribution in [0, 0.1) is 6.92 Å². The number of aliphatic hydroxyl groups is 1. The van der Waals surface area contributed by atoms with Crippen molar-refractivity contribution in [2.75, 3.05) is 11.9 Å². The molecular formula is C11H13N3OS. The van der Waals surface area contributed by atoms with Crippen LogP contribution in [0.5, 0.6) is 0 Å². The van der Waals surface area contributed by atoms with Gasteiger partial charge in [-0.05, 0) is 34.9 Å². The van der Waals surface area contributed by atoms with E-state index in [9.17, 15) is 5.11 Å². The fraction of sp³-hybridized carbons (Fsp3) is 0.273. The van der Waals surface area contributed by atoms with Gasteiger partial charge in [-0.25, -0.2) is 9.97 Å². The quantitative estimate of drug-likeness (QED) is 0.851. The summed E-state index contributed by atoms with van der Waals surface area (Å²) in [5.74, 6) is 0.542. The number of thiophene rings is 1. The van der Waals surface area contributed by atoms with Crippen LogP contribution in [-0.4, -0.2) is 21.6 Å². The summed E-state index contributed by atoms with van der Waals surface area (Å²) in [5, 5.41) is 16.7. The van der Waals surface area contributed by atoms with Crippen LogP contribution in [0.1, 0.15) is 17.2 Å². The van der Waals surface area contributed by atoms with Gasteiger partial charge in [0.1, 0.15) is 0 Å². The summed E-state index contributed by atoms with van der Waals surface area (Å²) in [4.78, 5) is 8.20. The van der Waals surface area contributed by atoms with Gasteiger partial charge in [0.25, 0.3) is 0 Å². The van der Waals surface area contributed by atoms with E-state index in [1.807, 2.05) is 23.8 Å². The van der Waals surface area contributed by atoms with Crippen molar-refractivity contribution in [1.82, 2.24) is 9.97 Å². The molecule has 0 fully saturated rings. The highest BCUT2D eigenvalue weighted by atomic mass is 32.1. The van der Waals surface area contributed by atoms with Gasteiger partial charge < -0.3 is 10.4 Å². The lowest BCUT2D eigenvalue weighted by Gasteiger charge is -2.10. The largest absolute Gasteiger partial charge is 0.387 e. The SMILES string of the molecule is Cc1cnc(NCC(O)c2ccsc2)nc1. The first-order valence-electron chi connectivity index (χ1n) is 4.98. The molecule has 84 valence electrons. The maximum absolute atomic E-state index is 9.81. The highest BCUT2D eigenvalue weighted by Gasteiger charge is 2.07. The zero-order valence-corrected chi connectivity index (χ0v) is 9.74. The summed E-state index contributed by atoms with van der Waals surface area (Å²) < 4.78 is 0. The van der Waals surface area contributed by atoms with E-state index >= 15 is 0 Å². The predicted molar refractivity (Wildman–Crippen MR) is 64.5 cm³/mol. The predicted octanol–water partition coefficient (Wildman–Crippen LogP) is 1.99. The Morgan fingerprint density at radius 1 is 1.44 bits per heavy atom. The lowest BCUT2D eigenvalue weighted by Crippen LogP contribution is -2.13. The van der Waals surface area contributed by atoms with Crippen LogP contribution in [0.2, 0.25) is 0 Å². The van der Waals surface area contributed by atoms with Crippen LogP contribution in [0.15, 0.2) is 29.2 Å². The van der Waals surface area contributed by atoms with Crippen LogP contribution in [0.25, 0.3) is 0 Å². The summed E-state index contributed by atoms with van der Waals surface area (Å²) in [6.45, 7) is 2.35. The van der Waals surface area contributed by atoms with Gasteiger partial charge in [-0.1, -0.05) is 0 Å². The molecule has 0 spiro atoms. The minimum Gasteiger partial charge on any atom is -0.387 e. The zero-order chi connectivity index (χ0) is 11.4. The molecule has 2 aromatic heterocycles. The Bertz CT molecular complexity index is 427. The molecule has 16 heavy (non-hydrogen) atoms. The van der Waals surface area contributed by atoms with Crippen LogP contribution < -0.4 is 5.32 Å². The topological polar surface area (TPSA) is 58.0 Å². The standard InChI is InChI=1S/C11H13N3OS/c1-8-4-12-11(13-5-8)14-6-10(15)9-2-3-16-7-9/h2-5,7,10,15H,6H2,1H3,(H,12,13,14). The van der Waals surface area contributed by atoms with E-state index in [1.54, 1.807) is 23.7 Å². The monoisotopic (exact) mass is 235 g/mol. The average Bonchev–Trinajstić information content (AvgIpc) is 2.81. The smallest absolute Gasteiger partial charge is 0.222 e. The van der Waals surface area contributed by atoms with Gasteiger partial charge in [-0.15, -0.1) is 0 Å². The number of anilines is 1. The Morgan fingerprint density at radius 3 is 2.81 bits per heavy atom. The van der Waals surface area contributed by atoms with Gasteiger partial charge in [-0.3, -0.25) is 0 Å². The lowest BCUT2D eigenvalue weighted by molar-refractivity contribution is 0.192. The van der Waals surface area contributed by atoms with E-state index in [1.165, 1.54) is 0 Å². The molecule has 1 atom stereocenters. The maximum Gasteiger partial charge on any atom is 0.222 e. The van der Waals surface area contributed by atoms with Crippen molar-refractivity contribution in [3.63, 3.8) is 0 Å². The fourth-order valence-corrected chi connectivity index (χ4v) is 1.96. The second-order valence-electron chi connectivity index (χ2n) is 3.54. The Morgan fingerprint density at radius 2 is 2.19 bits per heavy atom. The fourth-order valence-electron chi connectivity index (χ4n) is 1.25. The Hall–Kier alpha value is -1.46. The molecule has 0 radical (unpaired) electrons. The van der Waals surface area contributed by atoms with Gasteiger partial charge in [-0.2, -0.15) is 11.3 Å². The van der Waals surface area contributed by atoms with Gasteiger partial charge in [0.15, 0.2) is 0 Å². The first kappa shape index (κ1) is 11.0. The molecule has 0 aliphatic heterocycles. The van der Waals surface area contributed by atoms with E-state index in [2.05, 4.69) is 15.3 Å². The minimum atomic E-state index is -0.517. The molecule has 2 aromatic rings. The number of nitrogens with zero attached hydrogens (tertiary/aromatic N) is 2. The van der Waals surface area contributed by atoms with E-state index in [4.69, 9.17) is 0 Å². The molecule has 0 saturated heterocycles. The van der Waals surface area contributed by atoms with Crippen LogP contribution in [0.4, 0.5) is 5.95 Å². The number of hydrogen-bond acceptors (Lipinski definition) is 5. The first-order valence-corrected chi connectivity index (χ1v) is 5.92. The molecule has 0 aliphatic rings. The molecule has 2 rings (SSSR count). The van der Waals surface area contributed by atoms with E-state index < -0.39 is 6.10 Å². The van der Waals surface area contributed by atoms with Crippen molar-refractivity contribution >= 4 is 17.3 Å². The number of nitrogens with one attached hydrogen (secondary N) is 1. The van der Waals surface area contributed by atoms with Crippen LogP contribution >= 0.6 is 11.3 Å². The molecule has 0 aromatic carbocycles. The molecule has 0 saturated carbocycles. The van der Waals surface area contributed by atoms with Gasteiger partial charge in [0.05, 0.1) is 6.10 Å². The number of aromatic nitrogens is 2. The van der Waals surface area contributed by atoms with Crippen molar-refractivity contribution in [1.29, 1.82) is 0 Å². The molecule has 2 heterocycles. The van der Waals surface area contributed by atoms with Crippen molar-refractivity contribution in [3.05, 3.63) is 40.3 Å². The molecule has 1 unspecified atom stereocenters. The van der Waals surface area contributed by atoms with E-state index in [-0.39, 0.29) is 0 Å². The van der Waals surface area contributed by atoms with E-state index in [0.717, 1.165) is 11.1 Å². The molecule has 0 amide bonds. The molecule has 0 bridgehead atoms. The summed E-state index contributed by atoms with van der Waals surface area (Å²) in [6, 6.07) is 1.91. The summed E-state index contributed by atoms with van der Waals surface area (Å²) in [7, 11) is 0. The normalized spacial score (nSPS) is 12.4. The van der Waals surface area contributed by atoms with Crippen molar-refractivity contribution < 1.29 is 5.11 Å². The van der Waals surface area contributed by atoms with Gasteiger partial charge >= 0.3 is 0 Å². The summed E-state index contributed by atoms with van der Waals surface area (Å²) in [6.07, 6.45) is 2.97. The minimum absolute atomic E-state index is 0.416. The number of rotatable bonds is 4. The summed E-state index contributed by atoms with van der Waals surface area (Å²) in [5.41, 5.74) is 1.94. The highest BCUT2D eigenvalue weighted by Crippen LogP contribution is 2.16. The Kier molecular flexibility index (Phi) is 3.48. The van der Waals surface area contributed by atoms with Gasteiger partial charge in [0, 0.05) is 18.9 Å². The van der Waals surface area contributed by atoms with Crippen molar-refractivity contribution in [3.8, 4) is 0 Å². The third-order valence-electron chi connectivity index (χ3n) is 2.16. The number of aliphatic hydroxyl groups excluding tert-OH is 1. The number of hydrogen-bond donors (Lipinski definition) is 2. The molecule has 5 heteroatoms. The van der Waals surface area contributed by atoms with Crippen molar-refractivity contribution in [2.45, 2.75) is 13.0 Å². The highest BCUT2D eigenvalue weighted by molar-refractivity contribution is 7.07. The number of aryl methyl sites for hydroxylation is 1. The second kappa shape index (κ2) is 5.05. The van der Waals surface area contributed by atoms with Crippen molar-refractivity contribution in [2.24, 2.45) is 0 Å².